The van der Waals surface area contributed by atoms with Crippen molar-refractivity contribution in [2.24, 2.45) is 5.92 Å². The first kappa shape index (κ1) is 11.9. The van der Waals surface area contributed by atoms with Gasteiger partial charge in [0.15, 0.2) is 0 Å². The summed E-state index contributed by atoms with van der Waals surface area (Å²) >= 11 is 0. The number of nitriles is 1. The van der Waals surface area contributed by atoms with Crippen molar-refractivity contribution < 1.29 is 5.11 Å². The summed E-state index contributed by atoms with van der Waals surface area (Å²) in [5, 5.41) is 21.7. The molecule has 0 radical (unpaired) electrons. The Bertz CT molecular complexity index is 394. The van der Waals surface area contributed by atoms with Crippen molar-refractivity contribution in [2.75, 3.05) is 0 Å². The fourth-order valence-electron chi connectivity index (χ4n) is 2.39. The van der Waals surface area contributed by atoms with Gasteiger partial charge in [-0.3, -0.25) is 0 Å². The molecule has 1 saturated carbocycles. The minimum atomic E-state index is 0.154. The fraction of sp³-hybridized carbons (Fsp3) is 0.500. The van der Waals surface area contributed by atoms with Crippen LogP contribution in [-0.4, -0.2) is 11.1 Å². The molecule has 0 heterocycles. The van der Waals surface area contributed by atoms with Gasteiger partial charge in [0.2, 0.25) is 0 Å². The Balaban J connectivity index is 1.88. The van der Waals surface area contributed by atoms with Crippen LogP contribution in [0.3, 0.4) is 0 Å². The van der Waals surface area contributed by atoms with E-state index in [-0.39, 0.29) is 5.92 Å². The van der Waals surface area contributed by atoms with Gasteiger partial charge in [-0.15, -0.1) is 0 Å². The summed E-state index contributed by atoms with van der Waals surface area (Å²) < 4.78 is 0. The third-order valence-electron chi connectivity index (χ3n) is 3.44. The molecule has 1 aliphatic rings. The molecule has 0 amide bonds. The maximum atomic E-state index is 9.19. The molecule has 0 aliphatic heterocycles. The van der Waals surface area contributed by atoms with E-state index in [2.05, 4.69) is 11.4 Å². The van der Waals surface area contributed by atoms with Gasteiger partial charge < -0.3 is 10.4 Å². The monoisotopic (exact) mass is 230 g/mol. The molecule has 2 unspecified atom stereocenters. The predicted octanol–water partition coefficient (Wildman–Crippen LogP) is 2.56. The molecule has 1 aliphatic carbocycles. The van der Waals surface area contributed by atoms with E-state index >= 15 is 0 Å². The number of nitrogens with one attached hydrogen (secondary N) is 1. The summed E-state index contributed by atoms with van der Waals surface area (Å²) in [7, 11) is 0. The van der Waals surface area contributed by atoms with Gasteiger partial charge in [-0.25, -0.2) is 0 Å². The molecule has 3 nitrogen and oxygen atoms in total. The number of hydrogen-bond donors (Lipinski definition) is 2. The van der Waals surface area contributed by atoms with Gasteiger partial charge in [0, 0.05) is 12.6 Å². The average molecular weight is 230 g/mol. The van der Waals surface area contributed by atoms with Crippen LogP contribution in [0.25, 0.3) is 0 Å². The number of phenolic OH excluding ortho intramolecular Hbond substituents is 1. The summed E-state index contributed by atoms with van der Waals surface area (Å²) in [6.07, 6.45) is 4.50. The van der Waals surface area contributed by atoms with E-state index in [1.54, 1.807) is 12.1 Å². The van der Waals surface area contributed by atoms with Crippen LogP contribution in [0.4, 0.5) is 0 Å². The van der Waals surface area contributed by atoms with Crippen LogP contribution in [0.15, 0.2) is 24.3 Å². The highest BCUT2D eigenvalue weighted by Gasteiger charge is 2.23. The summed E-state index contributed by atoms with van der Waals surface area (Å²) in [6, 6.07) is 9.93. The number of rotatable bonds is 3. The predicted molar refractivity (Wildman–Crippen MR) is 66.3 cm³/mol. The third-order valence-corrected chi connectivity index (χ3v) is 3.44. The molecule has 0 spiro atoms. The quantitative estimate of drug-likeness (QED) is 0.839. The molecule has 2 atom stereocenters. The second-order valence-electron chi connectivity index (χ2n) is 4.67. The Labute approximate surface area is 102 Å². The lowest BCUT2D eigenvalue weighted by Gasteiger charge is -2.27. The van der Waals surface area contributed by atoms with Crippen molar-refractivity contribution in [1.29, 1.82) is 5.26 Å². The van der Waals surface area contributed by atoms with Crippen LogP contribution in [0.2, 0.25) is 0 Å². The molecule has 0 aromatic heterocycles. The van der Waals surface area contributed by atoms with Gasteiger partial charge in [-0.05, 0) is 30.5 Å². The minimum Gasteiger partial charge on any atom is -0.508 e. The van der Waals surface area contributed by atoms with Gasteiger partial charge in [-0.2, -0.15) is 5.26 Å². The third kappa shape index (κ3) is 3.21. The first-order valence-corrected chi connectivity index (χ1v) is 6.20. The molecule has 2 rings (SSSR count). The molecule has 1 aromatic carbocycles. The molecular formula is C14H18N2O. The lowest BCUT2D eigenvalue weighted by Crippen LogP contribution is -2.37. The first-order valence-electron chi connectivity index (χ1n) is 6.20. The Hall–Kier alpha value is -1.53. The Kier molecular flexibility index (Phi) is 4.00. The Morgan fingerprint density at radius 3 is 2.65 bits per heavy atom. The summed E-state index contributed by atoms with van der Waals surface area (Å²) in [6.45, 7) is 0.767. The van der Waals surface area contributed by atoms with Crippen molar-refractivity contribution in [2.45, 2.75) is 38.3 Å². The SMILES string of the molecule is N#CC1CCCCC1NCc1ccc(O)cc1. The van der Waals surface area contributed by atoms with E-state index in [1.165, 1.54) is 12.8 Å². The number of nitrogens with zero attached hydrogens (tertiary/aromatic N) is 1. The number of hydrogen-bond acceptors (Lipinski definition) is 3. The Morgan fingerprint density at radius 2 is 1.94 bits per heavy atom. The molecule has 90 valence electrons. The smallest absolute Gasteiger partial charge is 0.115 e. The molecule has 2 N–H and O–H groups in total. The zero-order valence-corrected chi connectivity index (χ0v) is 9.89. The highest BCUT2D eigenvalue weighted by molar-refractivity contribution is 5.25. The molecule has 0 saturated heterocycles. The van der Waals surface area contributed by atoms with Gasteiger partial charge >= 0.3 is 0 Å². The first-order chi connectivity index (χ1) is 8.29. The second kappa shape index (κ2) is 5.70. The van der Waals surface area contributed by atoms with Crippen LogP contribution in [-0.2, 0) is 6.54 Å². The fourth-order valence-corrected chi connectivity index (χ4v) is 2.39. The summed E-state index contributed by atoms with van der Waals surface area (Å²) in [4.78, 5) is 0. The summed E-state index contributed by atoms with van der Waals surface area (Å²) in [5.74, 6) is 0.446. The van der Waals surface area contributed by atoms with Gasteiger partial charge in [0.1, 0.15) is 5.75 Å². The maximum absolute atomic E-state index is 9.19. The van der Waals surface area contributed by atoms with Crippen molar-refractivity contribution in [3.05, 3.63) is 29.8 Å². The lowest BCUT2D eigenvalue weighted by atomic mass is 9.85. The summed E-state index contributed by atoms with van der Waals surface area (Å²) in [5.41, 5.74) is 1.14. The maximum Gasteiger partial charge on any atom is 0.115 e. The van der Waals surface area contributed by atoms with Crippen LogP contribution in [0.1, 0.15) is 31.2 Å². The van der Waals surface area contributed by atoms with Gasteiger partial charge in [0.05, 0.1) is 12.0 Å². The highest BCUT2D eigenvalue weighted by Crippen LogP contribution is 2.24. The molecule has 17 heavy (non-hydrogen) atoms. The van der Waals surface area contributed by atoms with E-state index in [9.17, 15) is 5.11 Å². The molecule has 1 fully saturated rings. The van der Waals surface area contributed by atoms with Crippen LogP contribution in [0, 0.1) is 17.2 Å². The normalized spacial score (nSPS) is 24.2. The Morgan fingerprint density at radius 1 is 1.24 bits per heavy atom. The topological polar surface area (TPSA) is 56.0 Å². The number of aromatic hydroxyl groups is 1. The van der Waals surface area contributed by atoms with Gasteiger partial charge in [-0.1, -0.05) is 25.0 Å². The molecule has 1 aromatic rings. The largest absolute Gasteiger partial charge is 0.508 e. The molecule has 3 heteroatoms. The zero-order valence-electron chi connectivity index (χ0n) is 9.89. The van der Waals surface area contributed by atoms with Crippen molar-refractivity contribution in [3.8, 4) is 11.8 Å². The van der Waals surface area contributed by atoms with E-state index < -0.39 is 0 Å². The minimum absolute atomic E-state index is 0.154. The number of benzene rings is 1. The van der Waals surface area contributed by atoms with E-state index in [1.807, 2.05) is 12.1 Å². The van der Waals surface area contributed by atoms with E-state index in [0.29, 0.717) is 11.8 Å². The van der Waals surface area contributed by atoms with Gasteiger partial charge in [0.25, 0.3) is 0 Å². The van der Waals surface area contributed by atoms with E-state index in [4.69, 9.17) is 5.26 Å². The molecular weight excluding hydrogens is 212 g/mol. The zero-order chi connectivity index (χ0) is 12.1. The average Bonchev–Trinajstić information content (AvgIpc) is 2.38. The second-order valence-corrected chi connectivity index (χ2v) is 4.67. The van der Waals surface area contributed by atoms with E-state index in [0.717, 1.165) is 24.9 Å². The lowest BCUT2D eigenvalue weighted by molar-refractivity contribution is 0.311. The van der Waals surface area contributed by atoms with Crippen molar-refractivity contribution in [1.82, 2.24) is 5.32 Å². The van der Waals surface area contributed by atoms with Crippen LogP contribution < -0.4 is 5.32 Å². The van der Waals surface area contributed by atoms with Crippen molar-refractivity contribution in [3.63, 3.8) is 0 Å². The number of phenols is 1. The van der Waals surface area contributed by atoms with Crippen LogP contribution >= 0.6 is 0 Å². The van der Waals surface area contributed by atoms with Crippen molar-refractivity contribution >= 4 is 0 Å². The highest BCUT2D eigenvalue weighted by atomic mass is 16.3. The van der Waals surface area contributed by atoms with Crippen LogP contribution in [0.5, 0.6) is 5.75 Å². The molecule has 0 bridgehead atoms. The standard InChI is InChI=1S/C14H18N2O/c15-9-12-3-1-2-4-14(12)16-10-11-5-7-13(17)8-6-11/h5-8,12,14,16-17H,1-4,10H2.